The van der Waals surface area contributed by atoms with Gasteiger partial charge in [0.05, 0.1) is 22.9 Å². The number of nitro groups is 1. The number of hydrogen-bond donors (Lipinski definition) is 1. The van der Waals surface area contributed by atoms with Crippen LogP contribution in [0.4, 0.5) is 11.4 Å². The fraction of sp³-hybridized carbons (Fsp3) is 0.133. The van der Waals surface area contributed by atoms with Crippen LogP contribution in [0.2, 0.25) is 0 Å². The number of anilines is 1. The molecule has 0 aliphatic heterocycles. The summed E-state index contributed by atoms with van der Waals surface area (Å²) in [5, 5.41) is 14.0. The van der Waals surface area contributed by atoms with Crippen LogP contribution < -0.4 is 5.32 Å². The molecule has 0 spiro atoms. The molecule has 6 heteroatoms. The minimum atomic E-state index is -0.398. The monoisotopic (exact) mass is 282 g/mol. The molecule has 2 heterocycles. The van der Waals surface area contributed by atoms with E-state index in [4.69, 9.17) is 0 Å². The number of rotatable bonds is 4. The van der Waals surface area contributed by atoms with Gasteiger partial charge in [-0.05, 0) is 25.1 Å². The molecule has 0 amide bonds. The molecule has 0 saturated carbocycles. The van der Waals surface area contributed by atoms with Crippen molar-refractivity contribution in [3.8, 4) is 0 Å². The number of nitro benzene ring substituents is 1. The van der Waals surface area contributed by atoms with Crippen LogP contribution in [0.3, 0.4) is 0 Å². The molecule has 1 N–H and O–H groups in total. The molecule has 0 atom stereocenters. The van der Waals surface area contributed by atoms with Crippen molar-refractivity contribution in [2.45, 2.75) is 13.5 Å². The predicted molar refractivity (Wildman–Crippen MR) is 80.4 cm³/mol. The van der Waals surface area contributed by atoms with Gasteiger partial charge in [-0.2, -0.15) is 0 Å². The van der Waals surface area contributed by atoms with E-state index in [1.165, 1.54) is 12.1 Å². The van der Waals surface area contributed by atoms with E-state index in [1.807, 2.05) is 41.8 Å². The molecule has 0 radical (unpaired) electrons. The van der Waals surface area contributed by atoms with Gasteiger partial charge in [0.15, 0.2) is 0 Å². The molecule has 3 rings (SSSR count). The second-order valence-corrected chi connectivity index (χ2v) is 4.73. The first-order valence-corrected chi connectivity index (χ1v) is 6.56. The van der Waals surface area contributed by atoms with E-state index in [9.17, 15) is 10.1 Å². The van der Waals surface area contributed by atoms with Crippen molar-refractivity contribution in [2.24, 2.45) is 0 Å². The van der Waals surface area contributed by atoms with E-state index in [-0.39, 0.29) is 5.69 Å². The summed E-state index contributed by atoms with van der Waals surface area (Å²) in [4.78, 5) is 14.9. The van der Waals surface area contributed by atoms with Gasteiger partial charge in [-0.15, -0.1) is 0 Å². The normalized spacial score (nSPS) is 10.7. The van der Waals surface area contributed by atoms with Crippen molar-refractivity contribution in [3.63, 3.8) is 0 Å². The Morgan fingerprint density at radius 1 is 1.29 bits per heavy atom. The molecule has 2 aromatic heterocycles. The Morgan fingerprint density at radius 2 is 2.14 bits per heavy atom. The van der Waals surface area contributed by atoms with Gasteiger partial charge in [-0.1, -0.05) is 12.1 Å². The summed E-state index contributed by atoms with van der Waals surface area (Å²) < 4.78 is 2.01. The summed E-state index contributed by atoms with van der Waals surface area (Å²) in [6.45, 7) is 2.51. The Kier molecular flexibility index (Phi) is 3.27. The van der Waals surface area contributed by atoms with Gasteiger partial charge in [0.25, 0.3) is 5.69 Å². The Bertz CT molecular complexity index is 810. The third kappa shape index (κ3) is 2.55. The number of aryl methyl sites for hydroxylation is 1. The molecule has 6 nitrogen and oxygen atoms in total. The summed E-state index contributed by atoms with van der Waals surface area (Å²) >= 11 is 0. The third-order valence-electron chi connectivity index (χ3n) is 3.35. The van der Waals surface area contributed by atoms with Crippen LogP contribution in [-0.4, -0.2) is 14.3 Å². The van der Waals surface area contributed by atoms with Crippen molar-refractivity contribution >= 4 is 17.0 Å². The van der Waals surface area contributed by atoms with Gasteiger partial charge < -0.3 is 9.72 Å². The maximum absolute atomic E-state index is 10.8. The van der Waals surface area contributed by atoms with Gasteiger partial charge in [-0.25, -0.2) is 4.98 Å². The summed E-state index contributed by atoms with van der Waals surface area (Å²) in [7, 11) is 0. The lowest BCUT2D eigenvalue weighted by Gasteiger charge is -2.07. The van der Waals surface area contributed by atoms with Crippen molar-refractivity contribution < 1.29 is 4.92 Å². The molecule has 21 heavy (non-hydrogen) atoms. The van der Waals surface area contributed by atoms with Crippen molar-refractivity contribution in [3.05, 3.63) is 70.2 Å². The Morgan fingerprint density at radius 3 is 2.95 bits per heavy atom. The van der Waals surface area contributed by atoms with Crippen LogP contribution in [0, 0.1) is 17.0 Å². The number of nitrogens with zero attached hydrogens (tertiary/aromatic N) is 3. The van der Waals surface area contributed by atoms with E-state index >= 15 is 0 Å². The van der Waals surface area contributed by atoms with Gasteiger partial charge in [0.2, 0.25) is 0 Å². The predicted octanol–water partition coefficient (Wildman–Crippen LogP) is 3.16. The summed E-state index contributed by atoms with van der Waals surface area (Å²) in [5.74, 6) is 0. The maximum atomic E-state index is 10.8. The lowest BCUT2D eigenvalue weighted by atomic mass is 10.2. The van der Waals surface area contributed by atoms with E-state index in [2.05, 4.69) is 10.3 Å². The van der Waals surface area contributed by atoms with Gasteiger partial charge in [-0.3, -0.25) is 10.1 Å². The zero-order valence-electron chi connectivity index (χ0n) is 11.5. The number of pyridine rings is 1. The zero-order valence-corrected chi connectivity index (χ0v) is 11.5. The number of non-ortho nitro benzene ring substituents is 1. The lowest BCUT2D eigenvalue weighted by Crippen LogP contribution is -2.04. The van der Waals surface area contributed by atoms with E-state index in [0.717, 1.165) is 22.7 Å². The van der Waals surface area contributed by atoms with E-state index < -0.39 is 4.92 Å². The van der Waals surface area contributed by atoms with E-state index in [0.29, 0.717) is 6.54 Å². The molecule has 0 unspecified atom stereocenters. The highest BCUT2D eigenvalue weighted by atomic mass is 16.6. The average Bonchev–Trinajstić information content (AvgIpc) is 2.81. The van der Waals surface area contributed by atoms with Crippen LogP contribution in [0.15, 0.2) is 48.7 Å². The van der Waals surface area contributed by atoms with Crippen LogP contribution in [0.5, 0.6) is 0 Å². The lowest BCUT2D eigenvalue weighted by molar-refractivity contribution is -0.384. The van der Waals surface area contributed by atoms with Gasteiger partial charge in [0.1, 0.15) is 5.65 Å². The second-order valence-electron chi connectivity index (χ2n) is 4.73. The van der Waals surface area contributed by atoms with Crippen LogP contribution in [-0.2, 0) is 6.54 Å². The van der Waals surface area contributed by atoms with Crippen LogP contribution >= 0.6 is 0 Å². The van der Waals surface area contributed by atoms with Crippen molar-refractivity contribution in [2.75, 3.05) is 5.32 Å². The highest BCUT2D eigenvalue weighted by Gasteiger charge is 2.09. The number of nitrogens with one attached hydrogen (secondary N) is 1. The minimum absolute atomic E-state index is 0.0786. The molecular weight excluding hydrogens is 268 g/mol. The van der Waals surface area contributed by atoms with Gasteiger partial charge in [0, 0.05) is 24.0 Å². The summed E-state index contributed by atoms with van der Waals surface area (Å²) in [6.07, 6.45) is 1.96. The quantitative estimate of drug-likeness (QED) is 0.589. The molecule has 0 fully saturated rings. The largest absolute Gasteiger partial charge is 0.379 e. The topological polar surface area (TPSA) is 72.5 Å². The number of hydrogen-bond acceptors (Lipinski definition) is 4. The molecule has 1 aromatic carbocycles. The fourth-order valence-electron chi connectivity index (χ4n) is 2.29. The van der Waals surface area contributed by atoms with Gasteiger partial charge >= 0.3 is 0 Å². The zero-order chi connectivity index (χ0) is 14.8. The number of imidazole rings is 1. The third-order valence-corrected chi connectivity index (χ3v) is 3.35. The second kappa shape index (κ2) is 5.24. The molecule has 0 saturated heterocycles. The molecule has 106 valence electrons. The first-order valence-electron chi connectivity index (χ1n) is 6.56. The Balaban J connectivity index is 1.85. The smallest absolute Gasteiger partial charge is 0.271 e. The summed E-state index contributed by atoms with van der Waals surface area (Å²) in [5.41, 5.74) is 3.67. The Labute approximate surface area is 121 Å². The highest BCUT2D eigenvalue weighted by molar-refractivity contribution is 5.52. The first kappa shape index (κ1) is 13.1. The Hall–Kier alpha value is -2.89. The number of fused-ring (bicyclic) bond motifs is 1. The molecule has 0 aliphatic rings. The number of aromatic nitrogens is 2. The highest BCUT2D eigenvalue weighted by Crippen LogP contribution is 2.19. The summed E-state index contributed by atoms with van der Waals surface area (Å²) in [6, 6.07) is 12.3. The van der Waals surface area contributed by atoms with Crippen LogP contribution in [0.1, 0.15) is 11.4 Å². The van der Waals surface area contributed by atoms with Crippen molar-refractivity contribution in [1.82, 2.24) is 9.38 Å². The number of benzene rings is 1. The van der Waals surface area contributed by atoms with Crippen molar-refractivity contribution in [1.29, 1.82) is 0 Å². The van der Waals surface area contributed by atoms with E-state index in [1.54, 1.807) is 6.07 Å². The fourth-order valence-corrected chi connectivity index (χ4v) is 2.29. The molecule has 0 aliphatic carbocycles. The molecular formula is C15H14N4O2. The minimum Gasteiger partial charge on any atom is -0.379 e. The SMILES string of the molecule is Cc1nc2ccccn2c1CNc1cccc([N+](=O)[O-])c1. The molecule has 0 bridgehead atoms. The molecule has 3 aromatic rings. The maximum Gasteiger partial charge on any atom is 0.271 e. The average molecular weight is 282 g/mol. The van der Waals surface area contributed by atoms with Crippen LogP contribution in [0.25, 0.3) is 5.65 Å². The standard InChI is InChI=1S/C15H14N4O2/c1-11-14(18-8-3-2-7-15(18)17-11)10-16-12-5-4-6-13(9-12)19(20)21/h2-9,16H,10H2,1H3. The first-order chi connectivity index (χ1) is 10.1.